The molecule has 1 saturated heterocycles. The zero-order chi connectivity index (χ0) is 22.2. The van der Waals surface area contributed by atoms with E-state index in [2.05, 4.69) is 18.2 Å². The fourth-order valence-electron chi connectivity index (χ4n) is 5.19. The van der Waals surface area contributed by atoms with Gasteiger partial charge in [-0.1, -0.05) is 24.3 Å². The Morgan fingerprint density at radius 3 is 2.41 bits per heavy atom. The van der Waals surface area contributed by atoms with Crippen LogP contribution in [0.1, 0.15) is 35.4 Å². The lowest BCUT2D eigenvalue weighted by Gasteiger charge is -2.32. The largest absolute Gasteiger partial charge is 0.497 e. The Bertz CT molecular complexity index is 1030. The van der Waals surface area contributed by atoms with Crippen LogP contribution in [0.25, 0.3) is 0 Å². The normalized spacial score (nSPS) is 22.4. The summed E-state index contributed by atoms with van der Waals surface area (Å²) in [5.74, 6) is 1.51. The molecule has 0 unspecified atom stereocenters. The minimum absolute atomic E-state index is 0.118. The van der Waals surface area contributed by atoms with Gasteiger partial charge in [-0.25, -0.2) is 0 Å². The molecule has 2 aromatic rings. The first kappa shape index (κ1) is 20.9. The number of benzene rings is 2. The minimum Gasteiger partial charge on any atom is -0.497 e. The summed E-state index contributed by atoms with van der Waals surface area (Å²) in [6.45, 7) is 2.35. The molecule has 2 aromatic carbocycles. The van der Waals surface area contributed by atoms with Crippen LogP contribution in [0.4, 0.5) is 0 Å². The zero-order valence-corrected chi connectivity index (χ0v) is 18.8. The van der Waals surface area contributed by atoms with Crippen LogP contribution >= 0.6 is 0 Å². The number of carbonyl (C=O) groups is 2. The predicted octanol–water partition coefficient (Wildman–Crippen LogP) is 3.24. The molecule has 6 heteroatoms. The number of likely N-dealkylation sites (tertiary alicyclic amines) is 1. The molecule has 2 amide bonds. The third kappa shape index (κ3) is 3.83. The Morgan fingerprint density at radius 1 is 0.906 bits per heavy atom. The van der Waals surface area contributed by atoms with Crippen LogP contribution in [0.5, 0.6) is 11.5 Å². The first-order valence-corrected chi connectivity index (χ1v) is 11.4. The molecule has 0 N–H and O–H groups in total. The molecule has 0 bridgehead atoms. The topological polar surface area (TPSA) is 59.1 Å². The van der Waals surface area contributed by atoms with Gasteiger partial charge in [-0.2, -0.15) is 0 Å². The molecule has 1 saturated carbocycles. The molecule has 5 rings (SSSR count). The van der Waals surface area contributed by atoms with E-state index in [0.717, 1.165) is 36.3 Å². The lowest BCUT2D eigenvalue weighted by Crippen LogP contribution is -2.42. The number of amides is 2. The molecule has 168 valence electrons. The number of methoxy groups -OCH3 is 2. The molecule has 2 fully saturated rings. The summed E-state index contributed by atoms with van der Waals surface area (Å²) in [4.78, 5) is 30.6. The molecule has 2 aliphatic heterocycles. The number of rotatable bonds is 5. The summed E-state index contributed by atoms with van der Waals surface area (Å²) in [7, 11) is 3.28. The van der Waals surface area contributed by atoms with Crippen molar-refractivity contribution in [3.8, 4) is 11.5 Å². The highest BCUT2D eigenvalue weighted by molar-refractivity contribution is 5.85. The molecular formula is C26H30N2O4. The van der Waals surface area contributed by atoms with Crippen molar-refractivity contribution in [2.24, 2.45) is 11.8 Å². The monoisotopic (exact) mass is 434 g/mol. The van der Waals surface area contributed by atoms with Gasteiger partial charge in [0.15, 0.2) is 0 Å². The Kier molecular flexibility index (Phi) is 5.53. The maximum Gasteiger partial charge on any atom is 0.228 e. The van der Waals surface area contributed by atoms with Crippen molar-refractivity contribution in [2.45, 2.75) is 31.7 Å². The number of hydrogen-bond donors (Lipinski definition) is 0. The van der Waals surface area contributed by atoms with Crippen LogP contribution in [-0.4, -0.2) is 55.5 Å². The van der Waals surface area contributed by atoms with Crippen molar-refractivity contribution >= 4 is 11.8 Å². The highest BCUT2D eigenvalue weighted by atomic mass is 16.5. The van der Waals surface area contributed by atoms with Crippen molar-refractivity contribution in [2.75, 3.05) is 33.9 Å². The van der Waals surface area contributed by atoms with E-state index in [9.17, 15) is 9.59 Å². The molecule has 6 nitrogen and oxygen atoms in total. The maximum atomic E-state index is 13.8. The third-order valence-electron chi connectivity index (χ3n) is 7.15. The summed E-state index contributed by atoms with van der Waals surface area (Å²) in [5, 5.41) is 0. The van der Waals surface area contributed by atoms with Gasteiger partial charge in [0.05, 0.1) is 20.1 Å². The summed E-state index contributed by atoms with van der Waals surface area (Å²) >= 11 is 0. The number of ether oxygens (including phenoxy) is 2. The van der Waals surface area contributed by atoms with E-state index in [4.69, 9.17) is 9.47 Å². The Hall–Kier alpha value is -3.02. The van der Waals surface area contributed by atoms with E-state index in [1.165, 1.54) is 11.1 Å². The van der Waals surface area contributed by atoms with E-state index in [1.807, 2.05) is 34.1 Å². The number of fused-ring (bicyclic) bond motifs is 1. The van der Waals surface area contributed by atoms with Crippen molar-refractivity contribution in [1.29, 1.82) is 0 Å². The maximum absolute atomic E-state index is 13.8. The Labute approximate surface area is 189 Å². The van der Waals surface area contributed by atoms with Gasteiger partial charge >= 0.3 is 0 Å². The Balaban J connectivity index is 1.45. The van der Waals surface area contributed by atoms with E-state index in [-0.39, 0.29) is 29.6 Å². The van der Waals surface area contributed by atoms with Gasteiger partial charge in [0.2, 0.25) is 11.8 Å². The van der Waals surface area contributed by atoms with Gasteiger partial charge in [-0.3, -0.25) is 9.59 Å². The lowest BCUT2D eigenvalue weighted by atomic mass is 9.86. The average Bonchev–Trinajstić information content (AvgIpc) is 3.60. The van der Waals surface area contributed by atoms with Crippen LogP contribution in [-0.2, 0) is 22.6 Å². The van der Waals surface area contributed by atoms with Crippen molar-refractivity contribution < 1.29 is 19.1 Å². The molecule has 0 aromatic heterocycles. The van der Waals surface area contributed by atoms with Crippen molar-refractivity contribution in [1.82, 2.24) is 9.80 Å². The van der Waals surface area contributed by atoms with Crippen molar-refractivity contribution in [3.63, 3.8) is 0 Å². The fourth-order valence-corrected chi connectivity index (χ4v) is 5.19. The van der Waals surface area contributed by atoms with Gasteiger partial charge in [-0.05, 0) is 48.6 Å². The van der Waals surface area contributed by atoms with Gasteiger partial charge in [0.25, 0.3) is 0 Å². The smallest absolute Gasteiger partial charge is 0.228 e. The standard InChI is InChI=1S/C26H30N2O4/c1-31-20-9-10-24(32-2)21(13-20)22-15-28(25(29)18-7-8-18)16-23(22)26(30)27-12-11-17-5-3-4-6-19(17)14-27/h3-6,9-10,13,18,22-23H,7-8,11-12,14-16H2,1-2H3/t22-,23-/m0/s1. The van der Waals surface area contributed by atoms with Gasteiger partial charge in [-0.15, -0.1) is 0 Å². The summed E-state index contributed by atoms with van der Waals surface area (Å²) < 4.78 is 11.1. The first-order chi connectivity index (χ1) is 15.6. The molecule has 2 heterocycles. The average molecular weight is 435 g/mol. The fraction of sp³-hybridized carbons (Fsp3) is 0.462. The first-order valence-electron chi connectivity index (χ1n) is 11.4. The lowest BCUT2D eigenvalue weighted by molar-refractivity contribution is -0.137. The molecule has 1 aliphatic carbocycles. The molecule has 32 heavy (non-hydrogen) atoms. The summed E-state index contributed by atoms with van der Waals surface area (Å²) in [5.41, 5.74) is 3.47. The van der Waals surface area contributed by atoms with E-state index in [0.29, 0.717) is 26.2 Å². The molecule has 2 atom stereocenters. The minimum atomic E-state index is -0.288. The van der Waals surface area contributed by atoms with Gasteiger partial charge < -0.3 is 19.3 Å². The van der Waals surface area contributed by atoms with Crippen LogP contribution in [0, 0.1) is 11.8 Å². The Morgan fingerprint density at radius 2 is 1.69 bits per heavy atom. The van der Waals surface area contributed by atoms with Gasteiger partial charge in [0, 0.05) is 43.6 Å². The predicted molar refractivity (Wildman–Crippen MR) is 121 cm³/mol. The number of nitrogens with zero attached hydrogens (tertiary/aromatic N) is 2. The van der Waals surface area contributed by atoms with E-state index < -0.39 is 0 Å². The zero-order valence-electron chi connectivity index (χ0n) is 18.8. The highest BCUT2D eigenvalue weighted by Gasteiger charge is 2.46. The summed E-state index contributed by atoms with van der Waals surface area (Å²) in [6, 6.07) is 14.0. The van der Waals surface area contributed by atoms with E-state index in [1.54, 1.807) is 14.2 Å². The molecule has 3 aliphatic rings. The van der Waals surface area contributed by atoms with Crippen LogP contribution in [0.15, 0.2) is 42.5 Å². The molecular weight excluding hydrogens is 404 g/mol. The third-order valence-corrected chi connectivity index (χ3v) is 7.15. The molecule has 0 radical (unpaired) electrons. The second-order valence-corrected chi connectivity index (χ2v) is 9.12. The highest BCUT2D eigenvalue weighted by Crippen LogP contribution is 2.42. The van der Waals surface area contributed by atoms with Gasteiger partial charge in [0.1, 0.15) is 11.5 Å². The van der Waals surface area contributed by atoms with Crippen molar-refractivity contribution in [3.05, 3.63) is 59.2 Å². The van der Waals surface area contributed by atoms with Crippen LogP contribution in [0.3, 0.4) is 0 Å². The second-order valence-electron chi connectivity index (χ2n) is 9.12. The molecule has 0 spiro atoms. The second kappa shape index (κ2) is 8.49. The quantitative estimate of drug-likeness (QED) is 0.725. The SMILES string of the molecule is COc1ccc(OC)c([C@@H]2CN(C(=O)C3CC3)C[C@@H]2C(=O)N2CCc3ccccc3C2)c1. The number of hydrogen-bond acceptors (Lipinski definition) is 4. The number of carbonyl (C=O) groups excluding carboxylic acids is 2. The van der Waals surface area contributed by atoms with Crippen LogP contribution in [0.2, 0.25) is 0 Å². The van der Waals surface area contributed by atoms with Crippen LogP contribution < -0.4 is 9.47 Å². The summed E-state index contributed by atoms with van der Waals surface area (Å²) in [6.07, 6.45) is 2.79. The van der Waals surface area contributed by atoms with E-state index >= 15 is 0 Å².